The zero-order chi connectivity index (χ0) is 15.6. The van der Waals surface area contributed by atoms with Gasteiger partial charge in [-0.05, 0) is 43.4 Å². The van der Waals surface area contributed by atoms with E-state index in [4.69, 9.17) is 10.9 Å². The van der Waals surface area contributed by atoms with Crippen molar-refractivity contribution in [3.63, 3.8) is 0 Å². The van der Waals surface area contributed by atoms with Gasteiger partial charge in [-0.3, -0.25) is 4.79 Å². The highest BCUT2D eigenvalue weighted by molar-refractivity contribution is 7.89. The number of amides is 1. The van der Waals surface area contributed by atoms with E-state index in [1.165, 1.54) is 12.1 Å². The van der Waals surface area contributed by atoms with Gasteiger partial charge in [0, 0.05) is 12.5 Å². The number of benzene rings is 1. The van der Waals surface area contributed by atoms with Crippen LogP contribution in [0.1, 0.15) is 37.8 Å². The van der Waals surface area contributed by atoms with Gasteiger partial charge in [-0.25, -0.2) is 13.6 Å². The average molecular weight is 311 g/mol. The second-order valence-corrected chi connectivity index (χ2v) is 7.17. The Kier molecular flexibility index (Phi) is 4.65. The van der Waals surface area contributed by atoms with Crippen molar-refractivity contribution in [3.8, 4) is 0 Å². The van der Waals surface area contributed by atoms with Crippen LogP contribution in [-0.2, 0) is 14.8 Å². The molecule has 1 aliphatic rings. The molecule has 1 saturated carbocycles. The van der Waals surface area contributed by atoms with Crippen LogP contribution in [0.15, 0.2) is 29.2 Å². The summed E-state index contributed by atoms with van der Waals surface area (Å²) in [7, 11) is -3.69. The molecule has 0 radical (unpaired) electrons. The average Bonchev–Trinajstić information content (AvgIpc) is 3.21. The number of carbonyl (C=O) groups is 1. The Morgan fingerprint density at radius 3 is 2.38 bits per heavy atom. The Balaban J connectivity index is 1.93. The minimum Gasteiger partial charge on any atom is -0.350 e. The number of primary sulfonamides is 1. The van der Waals surface area contributed by atoms with Crippen molar-refractivity contribution in [1.29, 1.82) is 0 Å². The van der Waals surface area contributed by atoms with E-state index in [-0.39, 0.29) is 22.9 Å². The summed E-state index contributed by atoms with van der Waals surface area (Å²) in [5, 5.41) is 7.91. The molecule has 2 atom stereocenters. The Bertz CT molecular complexity index is 609. The molecule has 0 spiro atoms. The molecular formula is C14H21N3O3S. The van der Waals surface area contributed by atoms with E-state index < -0.39 is 10.0 Å². The third kappa shape index (κ3) is 4.52. The SMILES string of the molecule is CC(NC(=O)CC(N)C1CC1)c1ccc(S(N)(=O)=O)cc1. The number of nitrogens with two attached hydrogens (primary N) is 2. The van der Waals surface area contributed by atoms with E-state index in [0.717, 1.165) is 18.4 Å². The maximum Gasteiger partial charge on any atom is 0.238 e. The van der Waals surface area contributed by atoms with Crippen molar-refractivity contribution in [3.05, 3.63) is 29.8 Å². The summed E-state index contributed by atoms with van der Waals surface area (Å²) in [6.07, 6.45) is 2.54. The lowest BCUT2D eigenvalue weighted by atomic mass is 10.1. The zero-order valence-electron chi connectivity index (χ0n) is 12.0. The van der Waals surface area contributed by atoms with Crippen molar-refractivity contribution in [2.75, 3.05) is 0 Å². The third-order valence-electron chi connectivity index (χ3n) is 3.73. The standard InChI is InChI=1S/C14H21N3O3S/c1-9(17-14(18)8-13(15)11-2-3-11)10-4-6-12(7-5-10)21(16,19)20/h4-7,9,11,13H,2-3,8,15H2,1H3,(H,17,18)(H2,16,19,20). The van der Waals surface area contributed by atoms with E-state index in [0.29, 0.717) is 12.3 Å². The summed E-state index contributed by atoms with van der Waals surface area (Å²) in [5.41, 5.74) is 6.74. The quantitative estimate of drug-likeness (QED) is 0.715. The van der Waals surface area contributed by atoms with Crippen LogP contribution in [0, 0.1) is 5.92 Å². The molecule has 21 heavy (non-hydrogen) atoms. The molecule has 0 heterocycles. The van der Waals surface area contributed by atoms with Gasteiger partial charge in [0.15, 0.2) is 0 Å². The number of sulfonamides is 1. The van der Waals surface area contributed by atoms with Gasteiger partial charge in [0.25, 0.3) is 0 Å². The summed E-state index contributed by atoms with van der Waals surface area (Å²) in [4.78, 5) is 11.9. The van der Waals surface area contributed by atoms with E-state index in [1.54, 1.807) is 12.1 Å². The van der Waals surface area contributed by atoms with Gasteiger partial charge in [0.2, 0.25) is 15.9 Å². The summed E-state index contributed by atoms with van der Waals surface area (Å²) in [6, 6.07) is 5.88. The highest BCUT2D eigenvalue weighted by atomic mass is 32.2. The highest BCUT2D eigenvalue weighted by Crippen LogP contribution is 2.32. The maximum atomic E-state index is 11.9. The summed E-state index contributed by atoms with van der Waals surface area (Å²) in [6.45, 7) is 1.84. The smallest absolute Gasteiger partial charge is 0.238 e. The molecule has 1 aliphatic carbocycles. The van der Waals surface area contributed by atoms with Crippen LogP contribution in [0.3, 0.4) is 0 Å². The van der Waals surface area contributed by atoms with Crippen LogP contribution in [0.4, 0.5) is 0 Å². The Hall–Kier alpha value is -1.44. The molecule has 6 nitrogen and oxygen atoms in total. The first-order valence-corrected chi connectivity index (χ1v) is 8.49. The summed E-state index contributed by atoms with van der Waals surface area (Å²) in [5.74, 6) is 0.400. The van der Waals surface area contributed by atoms with E-state index in [9.17, 15) is 13.2 Å². The molecule has 5 N–H and O–H groups in total. The van der Waals surface area contributed by atoms with Crippen molar-refractivity contribution >= 4 is 15.9 Å². The van der Waals surface area contributed by atoms with Crippen LogP contribution in [-0.4, -0.2) is 20.4 Å². The van der Waals surface area contributed by atoms with Crippen molar-refractivity contribution in [2.45, 2.75) is 43.2 Å². The second kappa shape index (κ2) is 6.13. The van der Waals surface area contributed by atoms with Gasteiger partial charge >= 0.3 is 0 Å². The predicted octanol–water partition coefficient (Wildman–Crippen LogP) is 0.639. The minimum absolute atomic E-state index is 0.0560. The number of hydrogen-bond acceptors (Lipinski definition) is 4. The minimum atomic E-state index is -3.69. The van der Waals surface area contributed by atoms with Gasteiger partial charge < -0.3 is 11.1 Å². The van der Waals surface area contributed by atoms with Crippen LogP contribution >= 0.6 is 0 Å². The largest absolute Gasteiger partial charge is 0.350 e. The molecular weight excluding hydrogens is 290 g/mol. The first-order valence-electron chi connectivity index (χ1n) is 6.95. The van der Waals surface area contributed by atoms with Gasteiger partial charge in [-0.2, -0.15) is 0 Å². The van der Waals surface area contributed by atoms with E-state index in [1.807, 2.05) is 6.92 Å². The molecule has 116 valence electrons. The van der Waals surface area contributed by atoms with Gasteiger partial charge in [-0.1, -0.05) is 12.1 Å². The maximum absolute atomic E-state index is 11.9. The second-order valence-electron chi connectivity index (χ2n) is 5.61. The molecule has 0 aromatic heterocycles. The Morgan fingerprint density at radius 1 is 1.33 bits per heavy atom. The normalized spacial score (nSPS) is 18.0. The fraction of sp³-hybridized carbons (Fsp3) is 0.500. The molecule has 1 amide bonds. The van der Waals surface area contributed by atoms with Crippen LogP contribution in [0.5, 0.6) is 0 Å². The number of carbonyl (C=O) groups excluding carboxylic acids is 1. The first kappa shape index (κ1) is 15.9. The van der Waals surface area contributed by atoms with Gasteiger partial charge in [0.1, 0.15) is 0 Å². The highest BCUT2D eigenvalue weighted by Gasteiger charge is 2.30. The number of nitrogens with one attached hydrogen (secondary N) is 1. The molecule has 1 aromatic rings. The van der Waals surface area contributed by atoms with Gasteiger partial charge in [-0.15, -0.1) is 0 Å². The Morgan fingerprint density at radius 2 is 1.90 bits per heavy atom. The number of rotatable bonds is 6. The lowest BCUT2D eigenvalue weighted by Crippen LogP contribution is -2.34. The van der Waals surface area contributed by atoms with Crippen LogP contribution in [0.2, 0.25) is 0 Å². The van der Waals surface area contributed by atoms with Crippen LogP contribution in [0.25, 0.3) is 0 Å². The monoisotopic (exact) mass is 311 g/mol. The van der Waals surface area contributed by atoms with Gasteiger partial charge in [0.05, 0.1) is 10.9 Å². The third-order valence-corrected chi connectivity index (χ3v) is 4.66. The Labute approximate surface area is 124 Å². The lowest BCUT2D eigenvalue weighted by molar-refractivity contribution is -0.122. The molecule has 1 fully saturated rings. The molecule has 0 aliphatic heterocycles. The molecule has 2 rings (SSSR count). The molecule has 1 aromatic carbocycles. The molecule has 0 bridgehead atoms. The molecule has 2 unspecified atom stereocenters. The summed E-state index contributed by atoms with van der Waals surface area (Å²) < 4.78 is 22.4. The topological polar surface area (TPSA) is 115 Å². The fourth-order valence-corrected chi connectivity index (χ4v) is 2.75. The number of hydrogen-bond donors (Lipinski definition) is 3. The van der Waals surface area contributed by atoms with E-state index >= 15 is 0 Å². The van der Waals surface area contributed by atoms with Crippen molar-refractivity contribution in [1.82, 2.24) is 5.32 Å². The predicted molar refractivity (Wildman–Crippen MR) is 79.7 cm³/mol. The zero-order valence-corrected chi connectivity index (χ0v) is 12.8. The van der Waals surface area contributed by atoms with Crippen LogP contribution < -0.4 is 16.2 Å². The van der Waals surface area contributed by atoms with Crippen molar-refractivity contribution in [2.24, 2.45) is 16.8 Å². The molecule has 7 heteroatoms. The van der Waals surface area contributed by atoms with E-state index in [2.05, 4.69) is 5.32 Å². The fourth-order valence-electron chi connectivity index (χ4n) is 2.24. The lowest BCUT2D eigenvalue weighted by Gasteiger charge is -2.16. The molecule has 0 saturated heterocycles. The van der Waals surface area contributed by atoms with Crippen molar-refractivity contribution < 1.29 is 13.2 Å². The summed E-state index contributed by atoms with van der Waals surface area (Å²) >= 11 is 0. The first-order chi connectivity index (χ1) is 9.77.